The Kier molecular flexibility index (Phi) is 5.04. The largest absolute Gasteiger partial charge is 0.479 e. The summed E-state index contributed by atoms with van der Waals surface area (Å²) in [7, 11) is 0. The van der Waals surface area contributed by atoms with Crippen LogP contribution in [0, 0.1) is 18.3 Å². The lowest BCUT2D eigenvalue weighted by Gasteiger charge is -2.06. The molecule has 0 aliphatic heterocycles. The molecular formula is C15H16N4O. The fraction of sp³-hybridized carbons (Fsp3) is 0.267. The van der Waals surface area contributed by atoms with E-state index in [2.05, 4.69) is 15.3 Å². The van der Waals surface area contributed by atoms with E-state index in [0.717, 1.165) is 23.5 Å². The zero-order valence-electron chi connectivity index (χ0n) is 11.3. The molecule has 0 fully saturated rings. The quantitative estimate of drug-likeness (QED) is 0.867. The van der Waals surface area contributed by atoms with Gasteiger partial charge >= 0.3 is 0 Å². The predicted molar refractivity (Wildman–Crippen MR) is 74.9 cm³/mol. The van der Waals surface area contributed by atoms with Crippen LogP contribution in [0.25, 0.3) is 0 Å². The number of nitrogens with zero attached hydrogens (tertiary/aromatic N) is 3. The van der Waals surface area contributed by atoms with Gasteiger partial charge in [-0.2, -0.15) is 5.26 Å². The van der Waals surface area contributed by atoms with Crippen LogP contribution in [0.15, 0.2) is 36.7 Å². The molecular weight excluding hydrogens is 252 g/mol. The summed E-state index contributed by atoms with van der Waals surface area (Å²) in [5.41, 5.74) is 2.99. The van der Waals surface area contributed by atoms with Gasteiger partial charge in [-0.3, -0.25) is 9.97 Å². The highest BCUT2D eigenvalue weighted by atomic mass is 16.5. The number of nitriles is 1. The van der Waals surface area contributed by atoms with Crippen molar-refractivity contribution in [2.75, 3.05) is 6.61 Å². The van der Waals surface area contributed by atoms with Gasteiger partial charge in [-0.15, -0.1) is 0 Å². The molecule has 5 nitrogen and oxygen atoms in total. The van der Waals surface area contributed by atoms with Crippen molar-refractivity contribution in [3.63, 3.8) is 0 Å². The van der Waals surface area contributed by atoms with Crippen molar-refractivity contribution >= 4 is 0 Å². The third-order valence-corrected chi connectivity index (χ3v) is 2.70. The van der Waals surface area contributed by atoms with Crippen LogP contribution in [0.4, 0.5) is 0 Å². The molecule has 0 spiro atoms. The molecule has 2 aromatic rings. The van der Waals surface area contributed by atoms with Crippen LogP contribution in [0.1, 0.15) is 17.0 Å². The highest BCUT2D eigenvalue weighted by molar-refractivity contribution is 5.27. The molecule has 1 heterocycles. The van der Waals surface area contributed by atoms with Crippen LogP contribution in [0.5, 0.6) is 5.75 Å². The van der Waals surface area contributed by atoms with Crippen LogP contribution in [-0.4, -0.2) is 16.6 Å². The fourth-order valence-electron chi connectivity index (χ4n) is 1.66. The van der Waals surface area contributed by atoms with Gasteiger partial charge in [0.2, 0.25) is 0 Å². The SMILES string of the molecule is Cc1cnc(CNCc2ccc(OCC#N)cc2)cn1. The molecule has 0 atom stereocenters. The number of aryl methyl sites for hydroxylation is 1. The smallest absolute Gasteiger partial charge is 0.174 e. The average Bonchev–Trinajstić information content (AvgIpc) is 2.48. The Balaban J connectivity index is 1.79. The number of hydrogen-bond donors (Lipinski definition) is 1. The van der Waals surface area contributed by atoms with Crippen molar-refractivity contribution in [1.82, 2.24) is 15.3 Å². The zero-order chi connectivity index (χ0) is 14.2. The number of aromatic nitrogens is 2. The van der Waals surface area contributed by atoms with E-state index in [1.165, 1.54) is 0 Å². The van der Waals surface area contributed by atoms with Crippen molar-refractivity contribution in [2.45, 2.75) is 20.0 Å². The molecule has 2 rings (SSSR count). The third-order valence-electron chi connectivity index (χ3n) is 2.70. The minimum Gasteiger partial charge on any atom is -0.479 e. The summed E-state index contributed by atoms with van der Waals surface area (Å²) < 4.78 is 5.20. The normalized spacial score (nSPS) is 10.0. The van der Waals surface area contributed by atoms with Gasteiger partial charge in [0.25, 0.3) is 0 Å². The molecule has 1 aromatic heterocycles. The van der Waals surface area contributed by atoms with Gasteiger partial charge in [0.15, 0.2) is 6.61 Å². The van der Waals surface area contributed by atoms with E-state index < -0.39 is 0 Å². The first-order chi connectivity index (χ1) is 9.78. The molecule has 0 radical (unpaired) electrons. The van der Waals surface area contributed by atoms with E-state index in [0.29, 0.717) is 12.3 Å². The van der Waals surface area contributed by atoms with Crippen molar-refractivity contribution in [3.05, 3.63) is 53.6 Å². The maximum atomic E-state index is 8.43. The maximum Gasteiger partial charge on any atom is 0.174 e. The summed E-state index contributed by atoms with van der Waals surface area (Å²) in [4.78, 5) is 8.48. The number of rotatable bonds is 6. The Labute approximate surface area is 118 Å². The Bertz CT molecular complexity index is 572. The van der Waals surface area contributed by atoms with Gasteiger partial charge in [0.1, 0.15) is 11.8 Å². The van der Waals surface area contributed by atoms with E-state index in [1.54, 1.807) is 12.4 Å². The van der Waals surface area contributed by atoms with E-state index in [9.17, 15) is 0 Å². The second-order valence-corrected chi connectivity index (χ2v) is 4.34. The van der Waals surface area contributed by atoms with Gasteiger partial charge in [0, 0.05) is 25.5 Å². The Hall–Kier alpha value is -2.45. The van der Waals surface area contributed by atoms with Crippen LogP contribution in [0.2, 0.25) is 0 Å². The molecule has 0 saturated heterocycles. The molecule has 1 N–H and O–H groups in total. The van der Waals surface area contributed by atoms with Crippen molar-refractivity contribution < 1.29 is 4.74 Å². The Morgan fingerprint density at radius 3 is 2.60 bits per heavy atom. The summed E-state index contributed by atoms with van der Waals surface area (Å²) in [5, 5.41) is 11.7. The standard InChI is InChI=1S/C15H16N4O/c1-12-8-19-14(11-18-12)10-17-9-13-2-4-15(5-3-13)20-7-6-16/h2-5,8,11,17H,7,9-10H2,1H3. The number of nitrogens with one attached hydrogen (secondary N) is 1. The maximum absolute atomic E-state index is 8.43. The Morgan fingerprint density at radius 2 is 1.95 bits per heavy atom. The first kappa shape index (κ1) is 14.0. The van der Waals surface area contributed by atoms with Gasteiger partial charge < -0.3 is 10.1 Å². The summed E-state index contributed by atoms with van der Waals surface area (Å²) in [5.74, 6) is 0.708. The monoisotopic (exact) mass is 268 g/mol. The molecule has 5 heteroatoms. The van der Waals surface area contributed by atoms with Crippen LogP contribution >= 0.6 is 0 Å². The molecule has 0 bridgehead atoms. The lowest BCUT2D eigenvalue weighted by Crippen LogP contribution is -2.13. The summed E-state index contributed by atoms with van der Waals surface area (Å²) in [6.45, 7) is 3.41. The zero-order valence-corrected chi connectivity index (χ0v) is 11.3. The molecule has 0 aliphatic carbocycles. The summed E-state index contributed by atoms with van der Waals surface area (Å²) >= 11 is 0. The van der Waals surface area contributed by atoms with Gasteiger partial charge in [-0.05, 0) is 24.6 Å². The first-order valence-electron chi connectivity index (χ1n) is 6.35. The number of benzene rings is 1. The molecule has 20 heavy (non-hydrogen) atoms. The van der Waals surface area contributed by atoms with Gasteiger partial charge in [0.05, 0.1) is 11.4 Å². The van der Waals surface area contributed by atoms with E-state index in [4.69, 9.17) is 10.00 Å². The van der Waals surface area contributed by atoms with E-state index in [-0.39, 0.29) is 6.61 Å². The highest BCUT2D eigenvalue weighted by Crippen LogP contribution is 2.11. The van der Waals surface area contributed by atoms with Crippen molar-refractivity contribution in [1.29, 1.82) is 5.26 Å². The Morgan fingerprint density at radius 1 is 1.15 bits per heavy atom. The van der Waals surface area contributed by atoms with Crippen molar-refractivity contribution in [3.8, 4) is 11.8 Å². The molecule has 1 aromatic carbocycles. The van der Waals surface area contributed by atoms with Crippen LogP contribution in [-0.2, 0) is 13.1 Å². The van der Waals surface area contributed by atoms with E-state index in [1.807, 2.05) is 37.3 Å². The summed E-state index contributed by atoms with van der Waals surface area (Å²) in [6, 6.07) is 9.61. The molecule has 0 aliphatic rings. The van der Waals surface area contributed by atoms with Gasteiger partial charge in [-0.25, -0.2) is 0 Å². The minimum atomic E-state index is 0.0731. The number of hydrogen-bond acceptors (Lipinski definition) is 5. The van der Waals surface area contributed by atoms with Gasteiger partial charge in [-0.1, -0.05) is 12.1 Å². The minimum absolute atomic E-state index is 0.0731. The molecule has 0 amide bonds. The van der Waals surface area contributed by atoms with Crippen LogP contribution < -0.4 is 10.1 Å². The lowest BCUT2D eigenvalue weighted by molar-refractivity contribution is 0.368. The molecule has 102 valence electrons. The molecule has 0 unspecified atom stereocenters. The predicted octanol–water partition coefficient (Wildman–Crippen LogP) is 1.98. The topological polar surface area (TPSA) is 70.8 Å². The highest BCUT2D eigenvalue weighted by Gasteiger charge is 1.97. The lowest BCUT2D eigenvalue weighted by atomic mass is 10.2. The number of ether oxygens (including phenoxy) is 1. The third kappa shape index (κ3) is 4.34. The fourth-order valence-corrected chi connectivity index (χ4v) is 1.66. The van der Waals surface area contributed by atoms with Crippen LogP contribution in [0.3, 0.4) is 0 Å². The average molecular weight is 268 g/mol. The first-order valence-corrected chi connectivity index (χ1v) is 6.35. The molecule has 0 saturated carbocycles. The van der Waals surface area contributed by atoms with E-state index >= 15 is 0 Å². The summed E-state index contributed by atoms with van der Waals surface area (Å²) in [6.07, 6.45) is 3.54. The second kappa shape index (κ2) is 7.22. The van der Waals surface area contributed by atoms with Crippen molar-refractivity contribution in [2.24, 2.45) is 0 Å². The second-order valence-electron chi connectivity index (χ2n) is 4.34.